The van der Waals surface area contributed by atoms with Crippen LogP contribution in [-0.2, 0) is 11.3 Å². The van der Waals surface area contributed by atoms with Crippen LogP contribution in [0.1, 0.15) is 27.6 Å². The van der Waals surface area contributed by atoms with E-state index in [1.165, 1.54) is 0 Å². The second-order valence-corrected chi connectivity index (χ2v) is 7.13. The SMILES string of the molecule is CCn1cc(C(=O)C(=O)N2CCN(C(=O)c3ccccc3)CC2)c2ccccc21. The van der Waals surface area contributed by atoms with E-state index in [0.717, 1.165) is 17.4 Å². The van der Waals surface area contributed by atoms with Crippen LogP contribution < -0.4 is 0 Å². The Kier molecular flexibility index (Phi) is 5.16. The van der Waals surface area contributed by atoms with Crippen LogP contribution in [0.4, 0.5) is 0 Å². The summed E-state index contributed by atoms with van der Waals surface area (Å²) in [6.45, 7) is 4.28. The molecule has 0 aliphatic carbocycles. The van der Waals surface area contributed by atoms with Crippen molar-refractivity contribution in [2.75, 3.05) is 26.2 Å². The molecule has 0 unspecified atom stereocenters. The fraction of sp³-hybridized carbons (Fsp3) is 0.261. The number of piperazine rings is 1. The Morgan fingerprint density at radius 2 is 1.45 bits per heavy atom. The lowest BCUT2D eigenvalue weighted by molar-refractivity contribution is -0.127. The minimum atomic E-state index is -0.504. The van der Waals surface area contributed by atoms with E-state index in [2.05, 4.69) is 0 Å². The molecule has 0 N–H and O–H groups in total. The molecule has 4 rings (SSSR count). The van der Waals surface area contributed by atoms with Crippen LogP contribution >= 0.6 is 0 Å². The van der Waals surface area contributed by atoms with E-state index in [1.54, 1.807) is 28.1 Å². The second kappa shape index (κ2) is 7.91. The van der Waals surface area contributed by atoms with Gasteiger partial charge in [0.05, 0.1) is 5.56 Å². The van der Waals surface area contributed by atoms with Gasteiger partial charge in [0.25, 0.3) is 17.6 Å². The Balaban J connectivity index is 1.46. The maximum absolute atomic E-state index is 12.9. The Bertz CT molecular complexity index is 1060. The molecule has 2 heterocycles. The predicted octanol–water partition coefficient (Wildman–Crippen LogP) is 2.83. The van der Waals surface area contributed by atoms with Gasteiger partial charge < -0.3 is 14.4 Å². The fourth-order valence-electron chi connectivity index (χ4n) is 3.82. The van der Waals surface area contributed by atoms with E-state index < -0.39 is 11.7 Å². The third-order valence-corrected chi connectivity index (χ3v) is 5.44. The lowest BCUT2D eigenvalue weighted by atomic mass is 10.1. The van der Waals surface area contributed by atoms with Gasteiger partial charge >= 0.3 is 0 Å². The molecule has 0 radical (unpaired) electrons. The highest BCUT2D eigenvalue weighted by atomic mass is 16.2. The standard InChI is InChI=1S/C23H23N3O3/c1-2-24-16-19(18-10-6-7-11-20(18)24)21(27)23(29)26-14-12-25(13-15-26)22(28)17-8-4-3-5-9-17/h3-11,16H,2,12-15H2,1H3. The third kappa shape index (κ3) is 3.53. The molecule has 2 amide bonds. The van der Waals surface area contributed by atoms with E-state index in [9.17, 15) is 14.4 Å². The molecule has 3 aromatic rings. The van der Waals surface area contributed by atoms with Gasteiger partial charge in [0.2, 0.25) is 0 Å². The number of Topliss-reactive ketones (excluding diaryl/α,β-unsaturated/α-hetero) is 1. The van der Waals surface area contributed by atoms with Gasteiger partial charge in [0, 0.05) is 55.4 Å². The van der Waals surface area contributed by atoms with Crippen molar-refractivity contribution in [1.82, 2.24) is 14.4 Å². The molecular weight excluding hydrogens is 366 g/mol. The number of ketones is 1. The smallest absolute Gasteiger partial charge is 0.295 e. The summed E-state index contributed by atoms with van der Waals surface area (Å²) in [5, 5.41) is 0.797. The van der Waals surface area contributed by atoms with Crippen molar-refractivity contribution < 1.29 is 14.4 Å². The van der Waals surface area contributed by atoms with Crippen LogP contribution in [0, 0.1) is 0 Å². The van der Waals surface area contributed by atoms with Gasteiger partial charge in [-0.2, -0.15) is 0 Å². The summed E-state index contributed by atoms with van der Waals surface area (Å²) < 4.78 is 1.98. The van der Waals surface area contributed by atoms with Crippen LogP contribution in [0.2, 0.25) is 0 Å². The van der Waals surface area contributed by atoms with Gasteiger partial charge in [-0.3, -0.25) is 14.4 Å². The number of benzene rings is 2. The van der Waals surface area contributed by atoms with Crippen molar-refractivity contribution in [3.8, 4) is 0 Å². The normalized spacial score (nSPS) is 14.2. The molecule has 6 nitrogen and oxygen atoms in total. The number of rotatable bonds is 4. The number of hydrogen-bond donors (Lipinski definition) is 0. The summed E-state index contributed by atoms with van der Waals surface area (Å²) in [6.07, 6.45) is 1.76. The van der Waals surface area contributed by atoms with Crippen molar-refractivity contribution in [3.05, 3.63) is 71.9 Å². The average Bonchev–Trinajstić information content (AvgIpc) is 3.17. The van der Waals surface area contributed by atoms with Crippen molar-refractivity contribution in [2.45, 2.75) is 13.5 Å². The molecule has 0 bridgehead atoms. The third-order valence-electron chi connectivity index (χ3n) is 5.44. The van der Waals surface area contributed by atoms with Crippen LogP contribution in [0.5, 0.6) is 0 Å². The fourth-order valence-corrected chi connectivity index (χ4v) is 3.82. The summed E-state index contributed by atoms with van der Waals surface area (Å²) >= 11 is 0. The number of aryl methyl sites for hydroxylation is 1. The first-order valence-corrected chi connectivity index (χ1v) is 9.86. The Hall–Kier alpha value is -3.41. The number of nitrogens with zero attached hydrogens (tertiary/aromatic N) is 3. The molecule has 29 heavy (non-hydrogen) atoms. The van der Waals surface area contributed by atoms with Crippen molar-refractivity contribution >= 4 is 28.5 Å². The minimum Gasteiger partial charge on any atom is -0.347 e. The average molecular weight is 389 g/mol. The zero-order chi connectivity index (χ0) is 20.4. The number of carbonyl (C=O) groups excluding carboxylic acids is 3. The van der Waals surface area contributed by atoms with Crippen molar-refractivity contribution in [3.63, 3.8) is 0 Å². The number of fused-ring (bicyclic) bond motifs is 1. The van der Waals surface area contributed by atoms with E-state index in [-0.39, 0.29) is 5.91 Å². The Labute approximate surface area is 169 Å². The summed E-state index contributed by atoms with van der Waals surface area (Å²) in [4.78, 5) is 41.6. The first kappa shape index (κ1) is 18.9. The van der Waals surface area contributed by atoms with Gasteiger partial charge in [-0.25, -0.2) is 0 Å². The van der Waals surface area contributed by atoms with Gasteiger partial charge in [-0.15, -0.1) is 0 Å². The molecule has 1 aliphatic heterocycles. The second-order valence-electron chi connectivity index (χ2n) is 7.13. The number of carbonyl (C=O) groups is 3. The molecule has 6 heteroatoms. The highest BCUT2D eigenvalue weighted by Gasteiger charge is 2.30. The monoisotopic (exact) mass is 389 g/mol. The van der Waals surface area contributed by atoms with E-state index in [0.29, 0.717) is 37.3 Å². The highest BCUT2D eigenvalue weighted by molar-refractivity contribution is 6.44. The van der Waals surface area contributed by atoms with E-state index in [1.807, 2.05) is 54.0 Å². The predicted molar refractivity (Wildman–Crippen MR) is 111 cm³/mol. The van der Waals surface area contributed by atoms with Crippen LogP contribution in [-0.4, -0.2) is 58.1 Å². The van der Waals surface area contributed by atoms with Crippen LogP contribution in [0.15, 0.2) is 60.8 Å². The summed E-state index contributed by atoms with van der Waals surface area (Å²) in [5.41, 5.74) is 2.02. The molecule has 0 atom stereocenters. The van der Waals surface area contributed by atoms with E-state index >= 15 is 0 Å². The minimum absolute atomic E-state index is 0.0463. The molecule has 1 fully saturated rings. The molecule has 1 saturated heterocycles. The van der Waals surface area contributed by atoms with Crippen LogP contribution in [0.3, 0.4) is 0 Å². The van der Waals surface area contributed by atoms with Crippen molar-refractivity contribution in [1.29, 1.82) is 0 Å². The van der Waals surface area contributed by atoms with Gasteiger partial charge in [0.15, 0.2) is 0 Å². The zero-order valence-corrected chi connectivity index (χ0v) is 16.4. The number of amides is 2. The van der Waals surface area contributed by atoms with Gasteiger partial charge in [-0.05, 0) is 25.1 Å². The molecule has 1 aliphatic rings. The van der Waals surface area contributed by atoms with Gasteiger partial charge in [-0.1, -0.05) is 36.4 Å². The largest absolute Gasteiger partial charge is 0.347 e. The summed E-state index contributed by atoms with van der Waals surface area (Å²) in [7, 11) is 0. The maximum Gasteiger partial charge on any atom is 0.295 e. The molecular formula is C23H23N3O3. The van der Waals surface area contributed by atoms with Gasteiger partial charge in [0.1, 0.15) is 0 Å². The maximum atomic E-state index is 12.9. The quantitative estimate of drug-likeness (QED) is 0.509. The Morgan fingerprint density at radius 3 is 2.14 bits per heavy atom. The number of para-hydroxylation sites is 1. The molecule has 148 valence electrons. The summed E-state index contributed by atoms with van der Waals surface area (Å²) in [6, 6.07) is 16.7. The first-order valence-electron chi connectivity index (χ1n) is 9.86. The topological polar surface area (TPSA) is 62.6 Å². The number of hydrogen-bond acceptors (Lipinski definition) is 3. The van der Waals surface area contributed by atoms with E-state index in [4.69, 9.17) is 0 Å². The lowest BCUT2D eigenvalue weighted by Gasteiger charge is -2.34. The molecule has 1 aromatic heterocycles. The summed E-state index contributed by atoms with van der Waals surface area (Å²) in [5.74, 6) is -1.04. The first-order chi connectivity index (χ1) is 14.1. The molecule has 0 spiro atoms. The number of aromatic nitrogens is 1. The highest BCUT2D eigenvalue weighted by Crippen LogP contribution is 2.22. The van der Waals surface area contributed by atoms with Crippen LogP contribution in [0.25, 0.3) is 10.9 Å². The Morgan fingerprint density at radius 1 is 0.828 bits per heavy atom. The zero-order valence-electron chi connectivity index (χ0n) is 16.4. The lowest BCUT2D eigenvalue weighted by Crippen LogP contribution is -2.52. The molecule has 2 aromatic carbocycles. The molecule has 0 saturated carbocycles. The van der Waals surface area contributed by atoms with Crippen molar-refractivity contribution in [2.24, 2.45) is 0 Å².